The minimum Gasteiger partial charge on any atom is -0.280 e. The normalized spacial score (nSPS) is 12.0. The van der Waals surface area contributed by atoms with Crippen LogP contribution in [0, 0.1) is 0 Å². The fourth-order valence-corrected chi connectivity index (χ4v) is 4.72. The minimum atomic E-state index is -4.08. The Hall–Kier alpha value is -3.07. The summed E-state index contributed by atoms with van der Waals surface area (Å²) < 4.78 is 27.9. The lowest BCUT2D eigenvalue weighted by molar-refractivity contribution is -0.122. The van der Waals surface area contributed by atoms with Gasteiger partial charge in [0.05, 0.1) is 5.02 Å². The van der Waals surface area contributed by atoms with Crippen molar-refractivity contribution in [3.63, 3.8) is 0 Å². The van der Waals surface area contributed by atoms with Crippen LogP contribution in [0.3, 0.4) is 0 Å². The van der Waals surface area contributed by atoms with Gasteiger partial charge in [-0.1, -0.05) is 60.5 Å². The lowest BCUT2D eigenvalue weighted by atomic mass is 9.98. The van der Waals surface area contributed by atoms with Gasteiger partial charge in [-0.15, -0.1) is 0 Å². The van der Waals surface area contributed by atoms with Gasteiger partial charge in [-0.2, -0.15) is 0 Å². The molecule has 33 heavy (non-hydrogen) atoms. The molecule has 1 atom stereocenters. The van der Waals surface area contributed by atoms with E-state index in [1.54, 1.807) is 0 Å². The predicted octanol–water partition coefficient (Wildman–Crippen LogP) is 4.75. The Balaban J connectivity index is 1.66. The second kappa shape index (κ2) is 10.7. The van der Waals surface area contributed by atoms with Gasteiger partial charge in [0.25, 0.3) is 15.9 Å². The Bertz CT molecular complexity index is 1250. The number of rotatable bonds is 7. The van der Waals surface area contributed by atoms with Gasteiger partial charge in [0.1, 0.15) is 4.90 Å². The number of hydrogen-bond donors (Lipinski definition) is 3. The van der Waals surface area contributed by atoms with Crippen molar-refractivity contribution in [3.05, 3.63) is 94.0 Å². The van der Waals surface area contributed by atoms with Crippen LogP contribution in [0.1, 0.15) is 35.2 Å². The smallest absolute Gasteiger partial charge is 0.269 e. The number of benzene rings is 3. The van der Waals surface area contributed by atoms with E-state index < -0.39 is 15.9 Å². The molecule has 0 aromatic heterocycles. The fourth-order valence-electron chi connectivity index (χ4n) is 3.01. The molecule has 0 fully saturated rings. The quantitative estimate of drug-likeness (QED) is 0.403. The van der Waals surface area contributed by atoms with Crippen LogP contribution in [0.5, 0.6) is 0 Å². The maximum absolute atomic E-state index is 12.8. The average molecular weight is 506 g/mol. The Kier molecular flexibility index (Phi) is 7.97. The highest BCUT2D eigenvalue weighted by molar-refractivity contribution is 7.92. The molecule has 3 N–H and O–H groups in total. The van der Waals surface area contributed by atoms with Crippen molar-refractivity contribution in [1.29, 1.82) is 0 Å². The first-order valence-corrected chi connectivity index (χ1v) is 12.1. The molecule has 3 aromatic carbocycles. The molecule has 0 aliphatic heterocycles. The van der Waals surface area contributed by atoms with Crippen molar-refractivity contribution >= 4 is 50.7 Å². The molecule has 0 bridgehead atoms. The SMILES string of the molecule is CC(CC(=O)NNC(=O)c1ccc(Cl)c(S(=O)(=O)Nc2ccc(Cl)cc2)c1)c1ccccc1. The molecule has 2 amide bonds. The van der Waals surface area contributed by atoms with Crippen molar-refractivity contribution in [3.8, 4) is 0 Å². The monoisotopic (exact) mass is 505 g/mol. The van der Waals surface area contributed by atoms with E-state index in [0.29, 0.717) is 5.02 Å². The molecule has 172 valence electrons. The number of sulfonamides is 1. The summed E-state index contributed by atoms with van der Waals surface area (Å²) in [5.41, 5.74) is 5.94. The van der Waals surface area contributed by atoms with Gasteiger partial charge in [-0.25, -0.2) is 8.42 Å². The number of carbonyl (C=O) groups is 2. The van der Waals surface area contributed by atoms with E-state index in [9.17, 15) is 18.0 Å². The predicted molar refractivity (Wildman–Crippen MR) is 129 cm³/mol. The van der Waals surface area contributed by atoms with E-state index in [0.717, 1.165) is 11.6 Å². The number of hydrogen-bond acceptors (Lipinski definition) is 4. The van der Waals surface area contributed by atoms with Gasteiger partial charge in [0, 0.05) is 22.7 Å². The van der Waals surface area contributed by atoms with E-state index in [1.807, 2.05) is 37.3 Å². The Morgan fingerprint density at radius 1 is 0.909 bits per heavy atom. The molecule has 0 aliphatic rings. The molecule has 0 spiro atoms. The second-order valence-corrected chi connectivity index (χ2v) is 9.77. The molecule has 10 heteroatoms. The van der Waals surface area contributed by atoms with Crippen LogP contribution in [0.25, 0.3) is 0 Å². The molecule has 1 unspecified atom stereocenters. The first kappa shape index (κ1) is 24.6. The number of amides is 2. The van der Waals surface area contributed by atoms with Crippen LogP contribution >= 0.6 is 23.2 Å². The summed E-state index contributed by atoms with van der Waals surface area (Å²) in [6, 6.07) is 19.4. The van der Waals surface area contributed by atoms with Crippen molar-refractivity contribution in [2.75, 3.05) is 4.72 Å². The zero-order chi connectivity index (χ0) is 24.0. The van der Waals surface area contributed by atoms with E-state index in [-0.39, 0.29) is 39.4 Å². The molecule has 7 nitrogen and oxygen atoms in total. The molecule has 3 rings (SSSR count). The van der Waals surface area contributed by atoms with Crippen molar-refractivity contribution in [1.82, 2.24) is 10.9 Å². The Labute approximate surface area is 202 Å². The van der Waals surface area contributed by atoms with Gasteiger partial charge < -0.3 is 0 Å². The molecular weight excluding hydrogens is 485 g/mol. The van der Waals surface area contributed by atoms with Gasteiger partial charge in [0.15, 0.2) is 0 Å². The van der Waals surface area contributed by atoms with E-state index in [4.69, 9.17) is 23.2 Å². The number of carbonyl (C=O) groups excluding carboxylic acids is 2. The standard InChI is InChI=1S/C23H21Cl2N3O4S/c1-15(16-5-3-2-4-6-16)13-22(29)26-27-23(30)17-7-12-20(25)21(14-17)33(31,32)28-19-10-8-18(24)9-11-19/h2-12,14-15,28H,13H2,1H3,(H,26,29)(H,27,30). The lowest BCUT2D eigenvalue weighted by Crippen LogP contribution is -2.42. The number of anilines is 1. The third kappa shape index (κ3) is 6.71. The molecule has 0 saturated heterocycles. The van der Waals surface area contributed by atoms with Gasteiger partial charge in [-0.3, -0.25) is 25.2 Å². The molecule has 0 saturated carbocycles. The first-order chi connectivity index (χ1) is 15.7. The average Bonchev–Trinajstić information content (AvgIpc) is 2.79. The summed E-state index contributed by atoms with van der Waals surface area (Å²) >= 11 is 11.9. The summed E-state index contributed by atoms with van der Waals surface area (Å²) in [6.07, 6.45) is 0.162. The Morgan fingerprint density at radius 3 is 2.24 bits per heavy atom. The largest absolute Gasteiger partial charge is 0.280 e. The summed E-state index contributed by atoms with van der Waals surface area (Å²) in [7, 11) is -4.08. The number of hydrazine groups is 1. The molecule has 0 heterocycles. The first-order valence-electron chi connectivity index (χ1n) is 9.88. The van der Waals surface area contributed by atoms with Gasteiger partial charge >= 0.3 is 0 Å². The summed E-state index contributed by atoms with van der Waals surface area (Å²) in [4.78, 5) is 24.4. The highest BCUT2D eigenvalue weighted by atomic mass is 35.5. The fraction of sp³-hybridized carbons (Fsp3) is 0.130. The Morgan fingerprint density at radius 2 is 1.58 bits per heavy atom. The molecule has 0 radical (unpaired) electrons. The van der Waals surface area contributed by atoms with Crippen LogP contribution in [0.4, 0.5) is 5.69 Å². The minimum absolute atomic E-state index is 0.00675. The van der Waals surface area contributed by atoms with Crippen LogP contribution in [0.2, 0.25) is 10.0 Å². The van der Waals surface area contributed by atoms with Crippen LogP contribution < -0.4 is 15.6 Å². The third-order valence-electron chi connectivity index (χ3n) is 4.75. The summed E-state index contributed by atoms with van der Waals surface area (Å²) in [6.45, 7) is 1.90. The molecule has 0 aliphatic carbocycles. The zero-order valence-corrected chi connectivity index (χ0v) is 19.8. The van der Waals surface area contributed by atoms with E-state index in [2.05, 4.69) is 15.6 Å². The third-order valence-corrected chi connectivity index (χ3v) is 6.87. The van der Waals surface area contributed by atoms with Crippen LogP contribution in [0.15, 0.2) is 77.7 Å². The highest BCUT2D eigenvalue weighted by Gasteiger charge is 2.21. The topological polar surface area (TPSA) is 104 Å². The zero-order valence-electron chi connectivity index (χ0n) is 17.5. The molecule has 3 aromatic rings. The van der Waals surface area contributed by atoms with Gasteiger partial charge in [-0.05, 0) is 53.9 Å². The second-order valence-electron chi connectivity index (χ2n) is 7.28. The summed E-state index contributed by atoms with van der Waals surface area (Å²) in [5, 5.41) is 0.392. The van der Waals surface area contributed by atoms with Crippen molar-refractivity contribution in [2.45, 2.75) is 24.2 Å². The summed E-state index contributed by atoms with van der Waals surface area (Å²) in [5.74, 6) is -1.12. The van der Waals surface area contributed by atoms with Crippen LogP contribution in [-0.2, 0) is 14.8 Å². The van der Waals surface area contributed by atoms with E-state index >= 15 is 0 Å². The number of nitrogens with one attached hydrogen (secondary N) is 3. The highest BCUT2D eigenvalue weighted by Crippen LogP contribution is 2.26. The van der Waals surface area contributed by atoms with Crippen molar-refractivity contribution in [2.24, 2.45) is 0 Å². The van der Waals surface area contributed by atoms with Crippen molar-refractivity contribution < 1.29 is 18.0 Å². The van der Waals surface area contributed by atoms with E-state index in [1.165, 1.54) is 36.4 Å². The molecular formula is C23H21Cl2N3O4S. The van der Waals surface area contributed by atoms with Gasteiger partial charge in [0.2, 0.25) is 5.91 Å². The van der Waals surface area contributed by atoms with Crippen LogP contribution in [-0.4, -0.2) is 20.2 Å². The maximum Gasteiger partial charge on any atom is 0.269 e. The lowest BCUT2D eigenvalue weighted by Gasteiger charge is -2.13. The maximum atomic E-state index is 12.8. The number of halogens is 2.